The topological polar surface area (TPSA) is 118 Å². The summed E-state index contributed by atoms with van der Waals surface area (Å²) < 4.78 is 0. The van der Waals surface area contributed by atoms with E-state index in [1.807, 2.05) is 6.92 Å². The molecule has 0 aliphatic heterocycles. The van der Waals surface area contributed by atoms with Gasteiger partial charge < -0.3 is 5.32 Å². The molecule has 0 atom stereocenters. The van der Waals surface area contributed by atoms with Crippen molar-refractivity contribution >= 4 is 11.5 Å². The molecule has 0 radical (unpaired) electrons. The van der Waals surface area contributed by atoms with E-state index in [-0.39, 0.29) is 23.6 Å². The third kappa shape index (κ3) is 2.84. The zero-order chi connectivity index (χ0) is 14.5. The monoisotopic (exact) mass is 270 g/mol. The van der Waals surface area contributed by atoms with Crippen LogP contribution < -0.4 is 5.32 Å². The molecule has 1 N–H and O–H groups in total. The van der Waals surface area contributed by atoms with E-state index in [0.717, 1.165) is 5.69 Å². The van der Waals surface area contributed by atoms with Crippen LogP contribution in [-0.2, 0) is 6.54 Å². The fourth-order valence-electron chi connectivity index (χ4n) is 1.54. The van der Waals surface area contributed by atoms with Gasteiger partial charge in [0.2, 0.25) is 5.82 Å². The Morgan fingerprint density at radius 2 is 2.20 bits per heavy atom. The van der Waals surface area contributed by atoms with Crippen LogP contribution in [0.3, 0.4) is 0 Å². The molecule has 0 saturated carbocycles. The van der Waals surface area contributed by atoms with Crippen LogP contribution in [0.2, 0.25) is 0 Å². The SMILES string of the molecule is Cc1cnc(CNc2nccc(C#N)c2[N+](=O)[O-])cn1. The van der Waals surface area contributed by atoms with Crippen LogP contribution in [0.1, 0.15) is 17.0 Å². The fraction of sp³-hybridized carbons (Fsp3) is 0.167. The molecule has 20 heavy (non-hydrogen) atoms. The molecule has 8 heteroatoms. The van der Waals surface area contributed by atoms with Crippen molar-refractivity contribution in [2.75, 3.05) is 5.32 Å². The first-order chi connectivity index (χ1) is 9.61. The third-order valence-corrected chi connectivity index (χ3v) is 2.50. The van der Waals surface area contributed by atoms with Gasteiger partial charge in [-0.2, -0.15) is 5.26 Å². The second-order valence-electron chi connectivity index (χ2n) is 3.93. The molecule has 2 aromatic rings. The van der Waals surface area contributed by atoms with Gasteiger partial charge >= 0.3 is 5.69 Å². The molecule has 0 saturated heterocycles. The predicted octanol–water partition coefficient (Wildman–Crippen LogP) is 1.57. The Balaban J connectivity index is 2.23. The lowest BCUT2D eigenvalue weighted by Crippen LogP contribution is -2.07. The Labute approximate surface area is 114 Å². The van der Waals surface area contributed by atoms with Gasteiger partial charge in [-0.25, -0.2) is 4.98 Å². The van der Waals surface area contributed by atoms with Crippen molar-refractivity contribution in [3.8, 4) is 6.07 Å². The van der Waals surface area contributed by atoms with Crippen LogP contribution >= 0.6 is 0 Å². The Bertz CT molecular complexity index is 677. The Morgan fingerprint density at radius 1 is 1.40 bits per heavy atom. The largest absolute Gasteiger partial charge is 0.359 e. The molecular weight excluding hydrogens is 260 g/mol. The highest BCUT2D eigenvalue weighted by Gasteiger charge is 2.20. The van der Waals surface area contributed by atoms with Crippen molar-refractivity contribution in [1.29, 1.82) is 5.26 Å². The molecule has 0 unspecified atom stereocenters. The number of anilines is 1. The second-order valence-corrected chi connectivity index (χ2v) is 3.93. The number of hydrogen-bond acceptors (Lipinski definition) is 7. The highest BCUT2D eigenvalue weighted by atomic mass is 16.6. The molecule has 0 amide bonds. The van der Waals surface area contributed by atoms with Crippen molar-refractivity contribution in [3.05, 3.63) is 51.7 Å². The summed E-state index contributed by atoms with van der Waals surface area (Å²) in [5, 5.41) is 22.7. The number of hydrogen-bond donors (Lipinski definition) is 1. The molecule has 0 spiro atoms. The molecular formula is C12H10N6O2. The van der Waals surface area contributed by atoms with Gasteiger partial charge in [-0.1, -0.05) is 0 Å². The third-order valence-electron chi connectivity index (χ3n) is 2.50. The maximum Gasteiger partial charge on any atom is 0.328 e. The molecule has 0 aliphatic carbocycles. The standard InChI is InChI=1S/C12H10N6O2/c1-8-5-16-10(6-15-8)7-17-12-11(18(19)20)9(4-13)2-3-14-12/h2-3,5-6H,7H2,1H3,(H,14,17). The normalized spacial score (nSPS) is 9.80. The molecule has 8 nitrogen and oxygen atoms in total. The highest BCUT2D eigenvalue weighted by Crippen LogP contribution is 2.25. The first-order valence-corrected chi connectivity index (χ1v) is 5.66. The quantitative estimate of drug-likeness (QED) is 0.661. The summed E-state index contributed by atoms with van der Waals surface area (Å²) in [5.74, 6) is 0.0384. The van der Waals surface area contributed by atoms with E-state index < -0.39 is 4.92 Å². The number of pyridine rings is 1. The minimum atomic E-state index is -0.630. The number of aromatic nitrogens is 3. The predicted molar refractivity (Wildman–Crippen MR) is 69.7 cm³/mol. The van der Waals surface area contributed by atoms with Crippen molar-refractivity contribution in [3.63, 3.8) is 0 Å². The zero-order valence-electron chi connectivity index (χ0n) is 10.6. The van der Waals surface area contributed by atoms with Gasteiger partial charge in [-0.05, 0) is 13.0 Å². The smallest absolute Gasteiger partial charge is 0.328 e. The molecule has 2 aromatic heterocycles. The molecule has 100 valence electrons. The van der Waals surface area contributed by atoms with Crippen molar-refractivity contribution in [2.24, 2.45) is 0 Å². The van der Waals surface area contributed by atoms with Crippen LogP contribution in [-0.4, -0.2) is 19.9 Å². The van der Waals surface area contributed by atoms with Gasteiger partial charge in [0.1, 0.15) is 11.6 Å². The summed E-state index contributed by atoms with van der Waals surface area (Å²) in [7, 11) is 0. The number of rotatable bonds is 4. The van der Waals surface area contributed by atoms with E-state index in [2.05, 4.69) is 20.3 Å². The maximum atomic E-state index is 11.0. The highest BCUT2D eigenvalue weighted by molar-refractivity contribution is 5.64. The second kappa shape index (κ2) is 5.71. The lowest BCUT2D eigenvalue weighted by atomic mass is 10.2. The van der Waals surface area contributed by atoms with Crippen LogP contribution in [0.4, 0.5) is 11.5 Å². The van der Waals surface area contributed by atoms with E-state index in [0.29, 0.717) is 5.69 Å². The van der Waals surface area contributed by atoms with Gasteiger partial charge in [0, 0.05) is 12.4 Å². The Kier molecular flexibility index (Phi) is 3.81. The Hall–Kier alpha value is -3.08. The molecule has 0 aromatic carbocycles. The number of aryl methyl sites for hydroxylation is 1. The summed E-state index contributed by atoms with van der Waals surface area (Å²) in [6.45, 7) is 2.04. The van der Waals surface area contributed by atoms with Crippen LogP contribution in [0.25, 0.3) is 0 Å². The number of nitrogens with zero attached hydrogens (tertiary/aromatic N) is 5. The van der Waals surface area contributed by atoms with E-state index >= 15 is 0 Å². The maximum absolute atomic E-state index is 11.0. The van der Waals surface area contributed by atoms with Crippen molar-refractivity contribution < 1.29 is 4.92 Å². The zero-order valence-corrected chi connectivity index (χ0v) is 10.6. The summed E-state index contributed by atoms with van der Waals surface area (Å²) in [6, 6.07) is 3.07. The lowest BCUT2D eigenvalue weighted by molar-refractivity contribution is -0.384. The van der Waals surface area contributed by atoms with Crippen LogP contribution in [0.15, 0.2) is 24.7 Å². The van der Waals surface area contributed by atoms with Crippen LogP contribution in [0, 0.1) is 28.4 Å². The van der Waals surface area contributed by atoms with Gasteiger partial charge in [-0.3, -0.25) is 20.1 Å². The average Bonchev–Trinajstić information content (AvgIpc) is 2.46. The molecule has 0 fully saturated rings. The van der Waals surface area contributed by atoms with E-state index in [4.69, 9.17) is 5.26 Å². The summed E-state index contributed by atoms with van der Waals surface area (Å²) in [5.41, 5.74) is 1.02. The van der Waals surface area contributed by atoms with E-state index in [1.165, 1.54) is 12.3 Å². The minimum absolute atomic E-state index is 0.0384. The van der Waals surface area contributed by atoms with Crippen molar-refractivity contribution in [2.45, 2.75) is 13.5 Å². The first-order valence-electron chi connectivity index (χ1n) is 5.66. The summed E-state index contributed by atoms with van der Waals surface area (Å²) in [6.07, 6.45) is 4.52. The lowest BCUT2D eigenvalue weighted by Gasteiger charge is -2.06. The molecule has 2 heterocycles. The number of nitriles is 1. The minimum Gasteiger partial charge on any atom is -0.359 e. The van der Waals surface area contributed by atoms with E-state index in [9.17, 15) is 10.1 Å². The van der Waals surface area contributed by atoms with Gasteiger partial charge in [0.05, 0.1) is 29.1 Å². The summed E-state index contributed by atoms with van der Waals surface area (Å²) in [4.78, 5) is 22.5. The molecule has 0 bridgehead atoms. The average molecular weight is 270 g/mol. The van der Waals surface area contributed by atoms with Crippen molar-refractivity contribution in [1.82, 2.24) is 15.0 Å². The van der Waals surface area contributed by atoms with Gasteiger partial charge in [0.15, 0.2) is 0 Å². The van der Waals surface area contributed by atoms with Gasteiger partial charge in [0.25, 0.3) is 0 Å². The van der Waals surface area contributed by atoms with E-state index in [1.54, 1.807) is 18.5 Å². The Morgan fingerprint density at radius 3 is 2.80 bits per heavy atom. The summed E-state index contributed by atoms with van der Waals surface area (Å²) >= 11 is 0. The molecule has 0 aliphatic rings. The van der Waals surface area contributed by atoms with Gasteiger partial charge in [-0.15, -0.1) is 0 Å². The molecule has 2 rings (SSSR count). The fourth-order valence-corrected chi connectivity index (χ4v) is 1.54. The first kappa shape index (κ1) is 13.4. The van der Waals surface area contributed by atoms with Crippen LogP contribution in [0.5, 0.6) is 0 Å². The number of nitro groups is 1. The number of nitrogens with one attached hydrogen (secondary N) is 1.